The van der Waals surface area contributed by atoms with Crippen LogP contribution in [0.5, 0.6) is 5.75 Å². The Bertz CT molecular complexity index is 936. The molecule has 128 valence electrons. The molecule has 0 unspecified atom stereocenters. The summed E-state index contributed by atoms with van der Waals surface area (Å²) < 4.78 is 6.71. The fourth-order valence-corrected chi connectivity index (χ4v) is 2.58. The van der Waals surface area contributed by atoms with Gasteiger partial charge in [-0.25, -0.2) is 4.68 Å². The first-order valence-corrected chi connectivity index (χ1v) is 8.06. The third-order valence-corrected chi connectivity index (χ3v) is 3.78. The van der Waals surface area contributed by atoms with Crippen molar-refractivity contribution in [2.75, 3.05) is 13.2 Å². The highest BCUT2D eigenvalue weighted by Crippen LogP contribution is 2.11. The second-order valence-corrected chi connectivity index (χ2v) is 5.61. The number of benzene rings is 2. The molecule has 0 spiro atoms. The van der Waals surface area contributed by atoms with Gasteiger partial charge in [0.25, 0.3) is 5.56 Å². The first-order chi connectivity index (χ1) is 12.1. The lowest BCUT2D eigenvalue weighted by atomic mass is 10.1. The Morgan fingerprint density at radius 1 is 1.08 bits per heavy atom. The van der Waals surface area contributed by atoms with Crippen LogP contribution in [-0.2, 0) is 11.3 Å². The van der Waals surface area contributed by atoms with Crippen molar-refractivity contribution in [2.24, 2.45) is 0 Å². The predicted octanol–water partition coefficient (Wildman–Crippen LogP) is 1.90. The van der Waals surface area contributed by atoms with Gasteiger partial charge in [0.05, 0.1) is 17.6 Å². The average molecular weight is 337 g/mol. The number of rotatable bonds is 6. The molecule has 1 amide bonds. The van der Waals surface area contributed by atoms with Crippen molar-refractivity contribution >= 4 is 16.7 Å². The van der Waals surface area contributed by atoms with Crippen molar-refractivity contribution in [2.45, 2.75) is 13.5 Å². The second-order valence-electron chi connectivity index (χ2n) is 5.61. The third kappa shape index (κ3) is 4.03. The van der Waals surface area contributed by atoms with Crippen LogP contribution in [0.25, 0.3) is 10.8 Å². The highest BCUT2D eigenvalue weighted by molar-refractivity contribution is 5.83. The highest BCUT2D eigenvalue weighted by atomic mass is 16.5. The molecule has 1 N–H and O–H groups in total. The van der Waals surface area contributed by atoms with Gasteiger partial charge in [-0.1, -0.05) is 36.4 Å². The summed E-state index contributed by atoms with van der Waals surface area (Å²) in [7, 11) is 0. The van der Waals surface area contributed by atoms with E-state index in [0.29, 0.717) is 18.5 Å². The Labute approximate surface area is 145 Å². The molecule has 0 aliphatic rings. The summed E-state index contributed by atoms with van der Waals surface area (Å²) in [6.07, 6.45) is 0. The summed E-state index contributed by atoms with van der Waals surface area (Å²) in [5.41, 5.74) is 0.451. The number of hydrogen-bond donors (Lipinski definition) is 1. The molecule has 0 saturated heterocycles. The molecule has 0 fully saturated rings. The van der Waals surface area contributed by atoms with Crippen LogP contribution in [0.4, 0.5) is 0 Å². The van der Waals surface area contributed by atoms with E-state index >= 15 is 0 Å². The van der Waals surface area contributed by atoms with Gasteiger partial charge >= 0.3 is 0 Å². The Morgan fingerprint density at radius 3 is 2.52 bits per heavy atom. The Hall–Kier alpha value is -3.15. The molecule has 0 atom stereocenters. The van der Waals surface area contributed by atoms with Crippen LogP contribution < -0.4 is 15.6 Å². The van der Waals surface area contributed by atoms with Crippen LogP contribution in [0.15, 0.2) is 59.4 Å². The number of nitrogens with one attached hydrogen (secondary N) is 1. The van der Waals surface area contributed by atoms with Crippen molar-refractivity contribution in [3.05, 3.63) is 70.6 Å². The van der Waals surface area contributed by atoms with E-state index < -0.39 is 0 Å². The number of carbonyl (C=O) groups is 1. The van der Waals surface area contributed by atoms with Crippen LogP contribution in [0.3, 0.4) is 0 Å². The number of nitrogens with zero attached hydrogens (tertiary/aromatic N) is 2. The topological polar surface area (TPSA) is 73.2 Å². The predicted molar refractivity (Wildman–Crippen MR) is 95.7 cm³/mol. The number of fused-ring (bicyclic) bond motifs is 1. The second kappa shape index (κ2) is 7.61. The normalized spacial score (nSPS) is 10.6. The molecule has 0 bridgehead atoms. The minimum atomic E-state index is -0.277. The SMILES string of the molecule is Cc1nn(CC(=O)NCCOc2ccccc2)c(=O)c2ccccc12. The van der Waals surface area contributed by atoms with E-state index in [1.807, 2.05) is 49.4 Å². The summed E-state index contributed by atoms with van der Waals surface area (Å²) >= 11 is 0. The first-order valence-electron chi connectivity index (χ1n) is 8.06. The van der Waals surface area contributed by atoms with Gasteiger partial charge in [-0.05, 0) is 25.1 Å². The molecule has 1 heterocycles. The summed E-state index contributed by atoms with van der Waals surface area (Å²) in [6.45, 7) is 2.42. The molecule has 0 radical (unpaired) electrons. The Morgan fingerprint density at radius 2 is 1.76 bits per heavy atom. The van der Waals surface area contributed by atoms with E-state index in [1.54, 1.807) is 12.1 Å². The van der Waals surface area contributed by atoms with Gasteiger partial charge in [0.1, 0.15) is 18.9 Å². The van der Waals surface area contributed by atoms with Gasteiger partial charge in [0, 0.05) is 5.39 Å². The largest absolute Gasteiger partial charge is 0.492 e. The van der Waals surface area contributed by atoms with Crippen molar-refractivity contribution in [1.82, 2.24) is 15.1 Å². The molecule has 1 aromatic heterocycles. The van der Waals surface area contributed by atoms with Crippen LogP contribution in [-0.4, -0.2) is 28.8 Å². The summed E-state index contributed by atoms with van der Waals surface area (Å²) in [4.78, 5) is 24.5. The van der Waals surface area contributed by atoms with Crippen molar-refractivity contribution in [3.63, 3.8) is 0 Å². The lowest BCUT2D eigenvalue weighted by molar-refractivity contribution is -0.122. The van der Waals surface area contributed by atoms with E-state index in [1.165, 1.54) is 4.68 Å². The first kappa shape index (κ1) is 16.7. The number of ether oxygens (including phenoxy) is 1. The smallest absolute Gasteiger partial charge is 0.275 e. The number of para-hydroxylation sites is 1. The quantitative estimate of drug-likeness (QED) is 0.697. The summed E-state index contributed by atoms with van der Waals surface area (Å²) in [5, 5.41) is 8.33. The number of hydrogen-bond acceptors (Lipinski definition) is 4. The van der Waals surface area contributed by atoms with Gasteiger partial charge in [0.15, 0.2) is 0 Å². The van der Waals surface area contributed by atoms with Gasteiger partial charge in [-0.15, -0.1) is 0 Å². The van der Waals surface area contributed by atoms with Crippen LogP contribution in [0, 0.1) is 6.92 Å². The van der Waals surface area contributed by atoms with Crippen molar-refractivity contribution < 1.29 is 9.53 Å². The molecular formula is C19H19N3O3. The Kier molecular flexibility index (Phi) is 5.09. The van der Waals surface area contributed by atoms with Crippen LogP contribution in [0.2, 0.25) is 0 Å². The van der Waals surface area contributed by atoms with Gasteiger partial charge in [0.2, 0.25) is 5.91 Å². The minimum absolute atomic E-state index is 0.115. The van der Waals surface area contributed by atoms with Gasteiger partial charge in [-0.2, -0.15) is 5.10 Å². The lowest BCUT2D eigenvalue weighted by Gasteiger charge is -2.10. The molecule has 3 rings (SSSR count). The van der Waals surface area contributed by atoms with Crippen molar-refractivity contribution in [3.8, 4) is 5.75 Å². The van der Waals surface area contributed by atoms with Gasteiger partial charge < -0.3 is 10.1 Å². The van der Waals surface area contributed by atoms with E-state index in [9.17, 15) is 9.59 Å². The molecular weight excluding hydrogens is 318 g/mol. The molecule has 0 aliphatic heterocycles. The molecule has 0 aliphatic carbocycles. The fraction of sp³-hybridized carbons (Fsp3) is 0.211. The van der Waals surface area contributed by atoms with E-state index in [4.69, 9.17) is 4.74 Å². The van der Waals surface area contributed by atoms with Crippen LogP contribution >= 0.6 is 0 Å². The Balaban J connectivity index is 1.59. The monoisotopic (exact) mass is 337 g/mol. The maximum absolute atomic E-state index is 12.4. The lowest BCUT2D eigenvalue weighted by Crippen LogP contribution is -2.35. The third-order valence-electron chi connectivity index (χ3n) is 3.78. The molecule has 6 heteroatoms. The van der Waals surface area contributed by atoms with Crippen molar-refractivity contribution in [1.29, 1.82) is 0 Å². The molecule has 3 aromatic rings. The molecule has 2 aromatic carbocycles. The van der Waals surface area contributed by atoms with E-state index in [0.717, 1.165) is 16.8 Å². The van der Waals surface area contributed by atoms with Gasteiger partial charge in [-0.3, -0.25) is 9.59 Å². The molecule has 0 saturated carbocycles. The standard InChI is InChI=1S/C19H19N3O3/c1-14-16-9-5-6-10-17(16)19(24)22(21-14)13-18(23)20-11-12-25-15-7-3-2-4-8-15/h2-10H,11-13H2,1H3,(H,20,23). The number of carbonyl (C=O) groups excluding carboxylic acids is 1. The van der Waals surface area contributed by atoms with Crippen LogP contribution in [0.1, 0.15) is 5.69 Å². The molecule has 6 nitrogen and oxygen atoms in total. The zero-order valence-corrected chi connectivity index (χ0v) is 13.9. The summed E-state index contributed by atoms with van der Waals surface area (Å²) in [5.74, 6) is 0.473. The minimum Gasteiger partial charge on any atom is -0.492 e. The van der Waals surface area contributed by atoms with E-state index in [-0.39, 0.29) is 18.0 Å². The zero-order chi connectivity index (χ0) is 17.6. The highest BCUT2D eigenvalue weighted by Gasteiger charge is 2.10. The number of aryl methyl sites for hydroxylation is 1. The molecule has 25 heavy (non-hydrogen) atoms. The summed E-state index contributed by atoms with van der Waals surface area (Å²) in [6, 6.07) is 16.6. The maximum atomic E-state index is 12.4. The number of aromatic nitrogens is 2. The zero-order valence-electron chi connectivity index (χ0n) is 13.9. The van der Waals surface area contributed by atoms with E-state index in [2.05, 4.69) is 10.4 Å². The number of amides is 1. The maximum Gasteiger partial charge on any atom is 0.275 e. The fourth-order valence-electron chi connectivity index (χ4n) is 2.58. The average Bonchev–Trinajstić information content (AvgIpc) is 2.64.